The van der Waals surface area contributed by atoms with Gasteiger partial charge in [-0.3, -0.25) is 4.90 Å². The number of benzene rings is 3. The quantitative estimate of drug-likeness (QED) is 0.573. The van der Waals surface area contributed by atoms with Crippen molar-refractivity contribution in [3.63, 3.8) is 0 Å². The predicted octanol–water partition coefficient (Wildman–Crippen LogP) is 5.19. The van der Waals surface area contributed by atoms with E-state index >= 15 is 0 Å². The maximum atomic E-state index is 12.9. The zero-order valence-electron chi connectivity index (χ0n) is 15.1. The van der Waals surface area contributed by atoms with Crippen LogP contribution >= 0.6 is 11.6 Å². The first kappa shape index (κ1) is 17.1. The zero-order valence-corrected chi connectivity index (χ0v) is 15.9. The van der Waals surface area contributed by atoms with Crippen LogP contribution in [0.4, 0.5) is 4.79 Å². The fourth-order valence-corrected chi connectivity index (χ4v) is 4.26. The number of carbonyl (C=O) groups excluding carboxylic acids is 1. The van der Waals surface area contributed by atoms with Gasteiger partial charge in [0.25, 0.3) is 0 Å². The van der Waals surface area contributed by atoms with Crippen LogP contribution in [-0.2, 0) is 18.6 Å². The van der Waals surface area contributed by atoms with Crippen LogP contribution in [0, 0.1) is 0 Å². The van der Waals surface area contributed by atoms with Gasteiger partial charge < -0.3 is 9.47 Å². The minimum atomic E-state index is -0.627. The molecule has 0 saturated carbocycles. The van der Waals surface area contributed by atoms with E-state index in [1.165, 1.54) is 0 Å². The van der Waals surface area contributed by atoms with Gasteiger partial charge in [-0.25, -0.2) is 4.79 Å². The Kier molecular flexibility index (Phi) is 4.02. The largest absolute Gasteiger partial charge is 0.480 e. The van der Waals surface area contributed by atoms with Gasteiger partial charge in [0, 0.05) is 23.6 Å². The summed E-state index contributed by atoms with van der Waals surface area (Å²) in [5, 5.41) is 0.639. The van der Waals surface area contributed by atoms with Crippen LogP contribution in [0.1, 0.15) is 16.7 Å². The van der Waals surface area contributed by atoms with E-state index in [-0.39, 0.29) is 6.09 Å². The third kappa shape index (κ3) is 2.90. The highest BCUT2D eigenvalue weighted by Crippen LogP contribution is 2.46. The Bertz CT molecular complexity index is 1050. The molecular weight excluding hydrogens is 374 g/mol. The number of amides is 1. The molecule has 1 amide bonds. The number of carbonyl (C=O) groups is 1. The molecule has 5 heteroatoms. The lowest BCUT2D eigenvalue weighted by atomic mass is 9.82. The lowest BCUT2D eigenvalue weighted by molar-refractivity contribution is 0.0301. The van der Waals surface area contributed by atoms with Gasteiger partial charge in [0.05, 0.1) is 6.54 Å². The molecule has 0 bridgehead atoms. The summed E-state index contributed by atoms with van der Waals surface area (Å²) in [6, 6.07) is 23.0. The molecule has 2 aliphatic heterocycles. The second-order valence-electron chi connectivity index (χ2n) is 7.22. The monoisotopic (exact) mass is 391 g/mol. The molecule has 3 aromatic rings. The lowest BCUT2D eigenvalue weighted by Gasteiger charge is -2.40. The number of hydrogen-bond acceptors (Lipinski definition) is 3. The maximum absolute atomic E-state index is 12.9. The third-order valence-corrected chi connectivity index (χ3v) is 5.57. The van der Waals surface area contributed by atoms with Gasteiger partial charge >= 0.3 is 6.09 Å². The van der Waals surface area contributed by atoms with Crippen LogP contribution in [-0.4, -0.2) is 17.5 Å². The number of fused-ring (bicyclic) bond motifs is 3. The zero-order chi connectivity index (χ0) is 19.1. The molecule has 0 radical (unpaired) electrons. The van der Waals surface area contributed by atoms with Crippen molar-refractivity contribution in [1.82, 2.24) is 4.90 Å². The first-order chi connectivity index (χ1) is 13.6. The maximum Gasteiger partial charge on any atom is 0.415 e. The highest BCUT2D eigenvalue weighted by Gasteiger charge is 2.47. The van der Waals surface area contributed by atoms with Crippen molar-refractivity contribution in [1.29, 1.82) is 0 Å². The molecule has 2 heterocycles. The molecule has 5 rings (SSSR count). The summed E-state index contributed by atoms with van der Waals surface area (Å²) < 4.78 is 12.0. The molecule has 0 N–H and O–H groups in total. The fraction of sp³-hybridized carbons (Fsp3) is 0.174. The van der Waals surface area contributed by atoms with Crippen molar-refractivity contribution in [2.24, 2.45) is 0 Å². The second-order valence-corrected chi connectivity index (χ2v) is 7.66. The van der Waals surface area contributed by atoms with Crippen molar-refractivity contribution >= 4 is 17.7 Å². The highest BCUT2D eigenvalue weighted by atomic mass is 35.5. The second kappa shape index (κ2) is 6.57. The number of rotatable bonds is 1. The molecule has 0 saturated heterocycles. The van der Waals surface area contributed by atoms with Crippen LogP contribution in [0.3, 0.4) is 0 Å². The van der Waals surface area contributed by atoms with Crippen LogP contribution in [0.2, 0.25) is 5.02 Å². The molecule has 4 nitrogen and oxygen atoms in total. The normalized spacial score (nSPS) is 19.7. The molecule has 140 valence electrons. The predicted molar refractivity (Wildman–Crippen MR) is 107 cm³/mol. The van der Waals surface area contributed by atoms with Gasteiger partial charge in [-0.2, -0.15) is 0 Å². The van der Waals surface area contributed by atoms with Crippen molar-refractivity contribution in [3.05, 3.63) is 94.5 Å². The summed E-state index contributed by atoms with van der Waals surface area (Å²) in [5.41, 5.74) is 2.65. The molecule has 0 aromatic heterocycles. The number of para-hydroxylation sites is 1. The Morgan fingerprint density at radius 1 is 1.00 bits per heavy atom. The molecule has 1 atom stereocenters. The SMILES string of the molecule is O=C(Oc1ccccc1)N1Cc2ccccc2C2(Cc3ccc(Cl)cc3O2)C1. The first-order valence-electron chi connectivity index (χ1n) is 9.21. The summed E-state index contributed by atoms with van der Waals surface area (Å²) in [4.78, 5) is 14.6. The van der Waals surface area contributed by atoms with Gasteiger partial charge in [0.2, 0.25) is 0 Å². The van der Waals surface area contributed by atoms with Crippen molar-refractivity contribution in [2.45, 2.75) is 18.6 Å². The van der Waals surface area contributed by atoms with Gasteiger partial charge in [-0.15, -0.1) is 0 Å². The van der Waals surface area contributed by atoms with Gasteiger partial charge in [0.15, 0.2) is 5.60 Å². The smallest absolute Gasteiger partial charge is 0.415 e. The standard InChI is InChI=1S/C23H18ClNO3/c24-18-11-10-16-13-23(28-21(16)12-18)15-25(14-17-6-4-5-9-20(17)23)22(26)27-19-7-2-1-3-8-19/h1-12H,13-15H2. The van der Waals surface area contributed by atoms with E-state index in [1.807, 2.05) is 54.6 Å². The van der Waals surface area contributed by atoms with E-state index in [0.29, 0.717) is 30.3 Å². The average Bonchev–Trinajstić information content (AvgIpc) is 3.06. The van der Waals surface area contributed by atoms with Gasteiger partial charge in [-0.05, 0) is 35.4 Å². The first-order valence-corrected chi connectivity index (χ1v) is 9.58. The Labute approximate surface area is 168 Å². The summed E-state index contributed by atoms with van der Waals surface area (Å²) in [5.74, 6) is 1.31. The molecule has 1 spiro atoms. The van der Waals surface area contributed by atoms with E-state index in [2.05, 4.69) is 6.07 Å². The lowest BCUT2D eigenvalue weighted by Crippen LogP contribution is -2.51. The van der Waals surface area contributed by atoms with E-state index < -0.39 is 5.60 Å². The number of halogens is 1. The molecule has 2 aliphatic rings. The minimum Gasteiger partial charge on any atom is -0.480 e. The fourth-order valence-electron chi connectivity index (χ4n) is 4.10. The van der Waals surface area contributed by atoms with E-state index in [1.54, 1.807) is 17.0 Å². The van der Waals surface area contributed by atoms with Crippen molar-refractivity contribution in [3.8, 4) is 11.5 Å². The molecule has 0 aliphatic carbocycles. The third-order valence-electron chi connectivity index (χ3n) is 5.33. The Morgan fingerprint density at radius 3 is 2.64 bits per heavy atom. The Morgan fingerprint density at radius 2 is 1.79 bits per heavy atom. The van der Waals surface area contributed by atoms with Gasteiger partial charge in [-0.1, -0.05) is 60.1 Å². The van der Waals surface area contributed by atoms with Gasteiger partial charge in [0.1, 0.15) is 11.5 Å². The van der Waals surface area contributed by atoms with E-state index in [4.69, 9.17) is 21.1 Å². The van der Waals surface area contributed by atoms with Crippen molar-refractivity contribution < 1.29 is 14.3 Å². The summed E-state index contributed by atoms with van der Waals surface area (Å²) in [7, 11) is 0. The summed E-state index contributed by atoms with van der Waals surface area (Å²) >= 11 is 6.16. The molecule has 1 unspecified atom stereocenters. The van der Waals surface area contributed by atoms with Crippen LogP contribution in [0.5, 0.6) is 11.5 Å². The molecule has 0 fully saturated rings. The summed E-state index contributed by atoms with van der Waals surface area (Å²) in [6.07, 6.45) is 0.309. The highest BCUT2D eigenvalue weighted by molar-refractivity contribution is 6.30. The Balaban J connectivity index is 1.49. The average molecular weight is 392 g/mol. The molecular formula is C23H18ClNO3. The Hall–Kier alpha value is -2.98. The number of hydrogen-bond donors (Lipinski definition) is 0. The van der Waals surface area contributed by atoms with Crippen LogP contribution in [0.15, 0.2) is 72.8 Å². The molecule has 3 aromatic carbocycles. The van der Waals surface area contributed by atoms with Crippen LogP contribution < -0.4 is 9.47 Å². The van der Waals surface area contributed by atoms with Crippen molar-refractivity contribution in [2.75, 3.05) is 6.54 Å². The topological polar surface area (TPSA) is 38.8 Å². The van der Waals surface area contributed by atoms with E-state index in [9.17, 15) is 4.79 Å². The summed E-state index contributed by atoms with van der Waals surface area (Å²) in [6.45, 7) is 0.909. The number of nitrogens with zero attached hydrogens (tertiary/aromatic N) is 1. The number of ether oxygens (including phenoxy) is 2. The van der Waals surface area contributed by atoms with E-state index in [0.717, 1.165) is 22.4 Å². The van der Waals surface area contributed by atoms with Crippen LogP contribution in [0.25, 0.3) is 0 Å². The molecule has 28 heavy (non-hydrogen) atoms. The minimum absolute atomic E-state index is 0.377.